The topological polar surface area (TPSA) is 68.3 Å². The summed E-state index contributed by atoms with van der Waals surface area (Å²) in [7, 11) is 3.30. The summed E-state index contributed by atoms with van der Waals surface area (Å²) in [4.78, 5) is 9.12. The monoisotopic (exact) mass is 396 g/mol. The first-order chi connectivity index (χ1) is 14.2. The Hall–Kier alpha value is -2.76. The Bertz CT molecular complexity index is 836. The first kappa shape index (κ1) is 21.0. The van der Waals surface area contributed by atoms with E-state index in [1.807, 2.05) is 31.2 Å². The van der Waals surface area contributed by atoms with Gasteiger partial charge < -0.3 is 20.1 Å². The molecule has 0 aliphatic heterocycles. The molecule has 0 saturated heterocycles. The van der Waals surface area contributed by atoms with Crippen molar-refractivity contribution in [1.82, 2.24) is 9.97 Å². The SMILES string of the molecule is COc1ccc(CCNc2nc(C)cc(NCCC3=CCCCC3)n2)cc1OC. The molecule has 1 aromatic heterocycles. The van der Waals surface area contributed by atoms with Gasteiger partial charge in [0.05, 0.1) is 14.2 Å². The Kier molecular flexibility index (Phi) is 7.73. The van der Waals surface area contributed by atoms with Crippen molar-refractivity contribution < 1.29 is 9.47 Å². The van der Waals surface area contributed by atoms with Gasteiger partial charge in [0.15, 0.2) is 11.5 Å². The molecule has 1 heterocycles. The van der Waals surface area contributed by atoms with Gasteiger partial charge in [-0.1, -0.05) is 17.7 Å². The Balaban J connectivity index is 1.51. The predicted octanol–water partition coefficient (Wildman–Crippen LogP) is 4.76. The molecular weight excluding hydrogens is 364 g/mol. The Morgan fingerprint density at radius 3 is 2.52 bits per heavy atom. The number of hydrogen-bond donors (Lipinski definition) is 2. The normalized spacial score (nSPS) is 13.6. The lowest BCUT2D eigenvalue weighted by molar-refractivity contribution is 0.354. The van der Waals surface area contributed by atoms with Crippen molar-refractivity contribution in [3.63, 3.8) is 0 Å². The molecule has 1 aliphatic carbocycles. The fourth-order valence-corrected chi connectivity index (χ4v) is 3.58. The van der Waals surface area contributed by atoms with Crippen molar-refractivity contribution in [3.8, 4) is 11.5 Å². The lowest BCUT2D eigenvalue weighted by Crippen LogP contribution is -2.11. The van der Waals surface area contributed by atoms with Crippen LogP contribution < -0.4 is 20.1 Å². The second-order valence-electron chi connectivity index (χ2n) is 7.37. The second kappa shape index (κ2) is 10.7. The van der Waals surface area contributed by atoms with Crippen molar-refractivity contribution in [2.24, 2.45) is 0 Å². The number of aryl methyl sites for hydroxylation is 1. The van der Waals surface area contributed by atoms with Gasteiger partial charge in [0.2, 0.25) is 5.95 Å². The third-order valence-electron chi connectivity index (χ3n) is 5.14. The van der Waals surface area contributed by atoms with Crippen LogP contribution in [0.15, 0.2) is 35.9 Å². The van der Waals surface area contributed by atoms with E-state index in [-0.39, 0.29) is 0 Å². The maximum atomic E-state index is 5.37. The van der Waals surface area contributed by atoms with Crippen LogP contribution in [0.5, 0.6) is 11.5 Å². The highest BCUT2D eigenvalue weighted by molar-refractivity contribution is 5.44. The molecule has 1 aliphatic rings. The molecule has 156 valence electrons. The highest BCUT2D eigenvalue weighted by Crippen LogP contribution is 2.27. The number of ether oxygens (including phenoxy) is 2. The number of methoxy groups -OCH3 is 2. The maximum Gasteiger partial charge on any atom is 0.224 e. The van der Waals surface area contributed by atoms with Gasteiger partial charge in [0.1, 0.15) is 5.82 Å². The average molecular weight is 397 g/mol. The Morgan fingerprint density at radius 2 is 1.76 bits per heavy atom. The fraction of sp³-hybridized carbons (Fsp3) is 0.478. The van der Waals surface area contributed by atoms with Crippen molar-refractivity contribution >= 4 is 11.8 Å². The van der Waals surface area contributed by atoms with E-state index in [9.17, 15) is 0 Å². The quantitative estimate of drug-likeness (QED) is 0.565. The molecule has 0 bridgehead atoms. The second-order valence-corrected chi connectivity index (χ2v) is 7.37. The van der Waals surface area contributed by atoms with Gasteiger partial charge in [-0.3, -0.25) is 0 Å². The summed E-state index contributed by atoms with van der Waals surface area (Å²) in [5.41, 5.74) is 3.69. The van der Waals surface area contributed by atoms with E-state index in [1.54, 1.807) is 19.8 Å². The average Bonchev–Trinajstić information content (AvgIpc) is 2.74. The molecule has 1 aromatic carbocycles. The van der Waals surface area contributed by atoms with Crippen LogP contribution in [0.3, 0.4) is 0 Å². The third kappa shape index (κ3) is 6.38. The minimum absolute atomic E-state index is 0.657. The Labute approximate surface area is 173 Å². The first-order valence-corrected chi connectivity index (χ1v) is 10.4. The molecule has 6 nitrogen and oxygen atoms in total. The molecule has 0 spiro atoms. The summed E-state index contributed by atoms with van der Waals surface area (Å²) < 4.78 is 10.7. The van der Waals surface area contributed by atoms with Crippen molar-refractivity contribution in [3.05, 3.63) is 47.2 Å². The van der Waals surface area contributed by atoms with E-state index >= 15 is 0 Å². The minimum Gasteiger partial charge on any atom is -0.493 e. The van der Waals surface area contributed by atoms with Crippen LogP contribution in [0.1, 0.15) is 43.4 Å². The number of nitrogens with one attached hydrogen (secondary N) is 2. The largest absolute Gasteiger partial charge is 0.493 e. The molecule has 3 rings (SSSR count). The van der Waals surface area contributed by atoms with Crippen LogP contribution in [0, 0.1) is 6.92 Å². The predicted molar refractivity (Wildman–Crippen MR) is 118 cm³/mol. The van der Waals surface area contributed by atoms with E-state index < -0.39 is 0 Å². The van der Waals surface area contributed by atoms with Gasteiger partial charge in [-0.2, -0.15) is 4.98 Å². The van der Waals surface area contributed by atoms with E-state index in [0.717, 1.165) is 48.9 Å². The summed E-state index contributed by atoms with van der Waals surface area (Å²) >= 11 is 0. The smallest absolute Gasteiger partial charge is 0.224 e. The van der Waals surface area contributed by atoms with E-state index in [4.69, 9.17) is 9.47 Å². The number of anilines is 2. The molecule has 0 amide bonds. The number of nitrogens with zero attached hydrogens (tertiary/aromatic N) is 2. The van der Waals surface area contributed by atoms with Gasteiger partial charge in [-0.15, -0.1) is 0 Å². The lowest BCUT2D eigenvalue weighted by atomic mass is 9.97. The van der Waals surface area contributed by atoms with Gasteiger partial charge in [0.25, 0.3) is 0 Å². The lowest BCUT2D eigenvalue weighted by Gasteiger charge is -2.14. The number of hydrogen-bond acceptors (Lipinski definition) is 6. The zero-order valence-corrected chi connectivity index (χ0v) is 17.8. The summed E-state index contributed by atoms with van der Waals surface area (Å²) in [5, 5.41) is 6.78. The van der Waals surface area contributed by atoms with Crippen molar-refractivity contribution in [1.29, 1.82) is 0 Å². The molecule has 2 aromatic rings. The number of allylic oxidation sites excluding steroid dienone is 1. The van der Waals surface area contributed by atoms with E-state index in [1.165, 1.54) is 31.2 Å². The summed E-state index contributed by atoms with van der Waals surface area (Å²) in [5.74, 6) is 3.02. The van der Waals surface area contributed by atoms with E-state index in [2.05, 4.69) is 26.7 Å². The first-order valence-electron chi connectivity index (χ1n) is 10.4. The van der Waals surface area contributed by atoms with Crippen molar-refractivity contribution in [2.45, 2.75) is 45.4 Å². The van der Waals surface area contributed by atoms with Crippen molar-refractivity contribution in [2.75, 3.05) is 37.9 Å². The number of benzene rings is 1. The molecule has 29 heavy (non-hydrogen) atoms. The molecule has 0 radical (unpaired) electrons. The Morgan fingerprint density at radius 1 is 0.931 bits per heavy atom. The highest BCUT2D eigenvalue weighted by Gasteiger charge is 2.07. The molecular formula is C23H32N4O2. The molecule has 0 atom stereocenters. The van der Waals surface area contributed by atoms with Crippen LogP contribution in [-0.4, -0.2) is 37.3 Å². The van der Waals surface area contributed by atoms with Crippen LogP contribution in [-0.2, 0) is 6.42 Å². The van der Waals surface area contributed by atoms with Crippen LogP contribution in [0.2, 0.25) is 0 Å². The fourth-order valence-electron chi connectivity index (χ4n) is 3.58. The van der Waals surface area contributed by atoms with Crippen LogP contribution in [0.4, 0.5) is 11.8 Å². The highest BCUT2D eigenvalue weighted by atomic mass is 16.5. The maximum absolute atomic E-state index is 5.37. The number of aromatic nitrogens is 2. The molecule has 0 unspecified atom stereocenters. The molecule has 2 N–H and O–H groups in total. The van der Waals surface area contributed by atoms with Gasteiger partial charge in [-0.25, -0.2) is 4.98 Å². The standard InChI is InChI=1S/C23H32N4O2/c1-17-15-22(24-13-11-18-7-5-4-6-8-18)27-23(26-17)25-14-12-19-9-10-20(28-2)21(16-19)29-3/h7,9-10,15-16H,4-6,8,11-14H2,1-3H3,(H2,24,25,26,27). The molecule has 0 fully saturated rings. The van der Waals surface area contributed by atoms with Crippen LogP contribution >= 0.6 is 0 Å². The third-order valence-corrected chi connectivity index (χ3v) is 5.14. The molecule has 6 heteroatoms. The van der Waals surface area contributed by atoms with Gasteiger partial charge in [-0.05, 0) is 63.1 Å². The summed E-state index contributed by atoms with van der Waals surface area (Å²) in [6.07, 6.45) is 9.47. The van der Waals surface area contributed by atoms with Crippen LogP contribution in [0.25, 0.3) is 0 Å². The molecule has 0 saturated carbocycles. The zero-order chi connectivity index (χ0) is 20.5. The van der Waals surface area contributed by atoms with Gasteiger partial charge >= 0.3 is 0 Å². The minimum atomic E-state index is 0.657. The number of rotatable bonds is 10. The van der Waals surface area contributed by atoms with E-state index in [0.29, 0.717) is 5.95 Å². The van der Waals surface area contributed by atoms with Gasteiger partial charge in [0, 0.05) is 24.8 Å². The summed E-state index contributed by atoms with van der Waals surface area (Å²) in [6, 6.07) is 7.98. The summed E-state index contributed by atoms with van der Waals surface area (Å²) in [6.45, 7) is 3.65. The zero-order valence-electron chi connectivity index (χ0n) is 17.8.